The summed E-state index contributed by atoms with van der Waals surface area (Å²) in [6, 6.07) is 15.2. The van der Waals surface area contributed by atoms with Gasteiger partial charge in [0.15, 0.2) is 6.19 Å². The monoisotopic (exact) mass is 338 g/mol. The normalized spacial score (nSPS) is 14.9. The van der Waals surface area contributed by atoms with Crippen molar-refractivity contribution >= 4 is 23.0 Å². The molecule has 1 saturated carbocycles. The summed E-state index contributed by atoms with van der Waals surface area (Å²) in [5.74, 6) is 0. The van der Waals surface area contributed by atoms with Crippen LogP contribution in [0.4, 0.5) is 5.69 Å². The molecule has 5 heteroatoms. The minimum atomic E-state index is -2.38. The van der Waals surface area contributed by atoms with Crippen LogP contribution in [0.1, 0.15) is 31.2 Å². The van der Waals surface area contributed by atoms with Crippen molar-refractivity contribution in [3.63, 3.8) is 0 Å². The first-order valence-corrected chi connectivity index (χ1v) is 8.95. The molecule has 24 heavy (non-hydrogen) atoms. The highest BCUT2D eigenvalue weighted by Gasteiger charge is 2.16. The number of nitrogens with zero attached hydrogens (tertiary/aromatic N) is 2. The molecule has 0 bridgehead atoms. The molecule has 1 fully saturated rings. The standard InChI is InChI=1S/C19H18N2O2S/c20-14-21(24(22)23)19-8-4-3-7-18(19)17-11-9-16(10-12-17)13-15-5-1-2-6-15/h3-4,7-13H,1-2,5-6H2,(H,22,23). The quantitative estimate of drug-likeness (QED) is 0.498. The van der Waals surface area contributed by atoms with Crippen molar-refractivity contribution < 1.29 is 8.76 Å². The summed E-state index contributed by atoms with van der Waals surface area (Å²) in [5, 5.41) is 9.14. The second kappa shape index (κ2) is 7.43. The van der Waals surface area contributed by atoms with Crippen molar-refractivity contribution in [1.82, 2.24) is 0 Å². The van der Waals surface area contributed by atoms with E-state index in [0.717, 1.165) is 21.0 Å². The molecule has 1 aliphatic carbocycles. The molecule has 0 aromatic heterocycles. The maximum absolute atomic E-state index is 11.4. The van der Waals surface area contributed by atoms with Gasteiger partial charge in [-0.1, -0.05) is 54.1 Å². The first-order valence-electron chi connectivity index (χ1n) is 7.89. The van der Waals surface area contributed by atoms with E-state index in [1.807, 2.05) is 36.4 Å². The Morgan fingerprint density at radius 3 is 2.38 bits per heavy atom. The van der Waals surface area contributed by atoms with Crippen molar-refractivity contribution in [2.24, 2.45) is 0 Å². The smallest absolute Gasteiger partial charge is 0.275 e. The SMILES string of the molecule is N#CN(c1ccccc1-c1ccc(C=C2CCCC2)cc1)S(=O)O. The Hall–Kier alpha value is -2.42. The Balaban J connectivity index is 1.94. The molecule has 0 aliphatic heterocycles. The van der Waals surface area contributed by atoms with Crippen LogP contribution in [-0.4, -0.2) is 8.76 Å². The van der Waals surface area contributed by atoms with Gasteiger partial charge in [-0.05, 0) is 42.9 Å². The Morgan fingerprint density at radius 1 is 1.08 bits per heavy atom. The minimum Gasteiger partial charge on any atom is -0.288 e. The van der Waals surface area contributed by atoms with Gasteiger partial charge in [-0.15, -0.1) is 0 Å². The lowest BCUT2D eigenvalue weighted by Gasteiger charge is -2.15. The third-order valence-corrected chi connectivity index (χ3v) is 4.80. The lowest BCUT2D eigenvalue weighted by molar-refractivity contribution is 0.564. The molecule has 0 radical (unpaired) electrons. The second-order valence-corrected chi connectivity index (χ2v) is 6.60. The molecular formula is C19H18N2O2S. The fraction of sp³-hybridized carbons (Fsp3) is 0.211. The summed E-state index contributed by atoms with van der Waals surface area (Å²) in [6.45, 7) is 0. The predicted octanol–water partition coefficient (Wildman–Crippen LogP) is 4.74. The molecule has 0 saturated heterocycles. The molecule has 1 atom stereocenters. The Labute approximate surface area is 144 Å². The summed E-state index contributed by atoms with van der Waals surface area (Å²) in [5.41, 5.74) is 4.74. The van der Waals surface area contributed by atoms with E-state index < -0.39 is 11.3 Å². The van der Waals surface area contributed by atoms with Gasteiger partial charge >= 0.3 is 0 Å². The molecular weight excluding hydrogens is 320 g/mol. The highest BCUT2D eigenvalue weighted by atomic mass is 32.2. The summed E-state index contributed by atoms with van der Waals surface area (Å²) in [7, 11) is 0. The van der Waals surface area contributed by atoms with Crippen molar-refractivity contribution in [1.29, 1.82) is 5.26 Å². The largest absolute Gasteiger partial charge is 0.288 e. The van der Waals surface area contributed by atoms with Gasteiger partial charge in [0, 0.05) is 5.56 Å². The van der Waals surface area contributed by atoms with Crippen molar-refractivity contribution in [3.05, 3.63) is 59.7 Å². The predicted molar refractivity (Wildman–Crippen MR) is 97.2 cm³/mol. The van der Waals surface area contributed by atoms with E-state index in [4.69, 9.17) is 5.26 Å². The van der Waals surface area contributed by atoms with Gasteiger partial charge in [0.2, 0.25) is 0 Å². The van der Waals surface area contributed by atoms with Crippen LogP contribution in [0.2, 0.25) is 0 Å². The zero-order valence-electron chi connectivity index (χ0n) is 13.2. The lowest BCUT2D eigenvalue weighted by Crippen LogP contribution is -2.19. The van der Waals surface area contributed by atoms with Crippen LogP contribution in [0.3, 0.4) is 0 Å². The van der Waals surface area contributed by atoms with Crippen LogP contribution < -0.4 is 4.31 Å². The maximum atomic E-state index is 11.4. The highest BCUT2D eigenvalue weighted by molar-refractivity contribution is 7.81. The summed E-state index contributed by atoms with van der Waals surface area (Å²) in [4.78, 5) is 0. The van der Waals surface area contributed by atoms with Crippen LogP contribution >= 0.6 is 0 Å². The lowest BCUT2D eigenvalue weighted by atomic mass is 10.0. The Bertz CT molecular complexity index is 814. The molecule has 1 N–H and O–H groups in total. The molecule has 1 aliphatic rings. The van der Waals surface area contributed by atoms with Crippen LogP contribution in [0.15, 0.2) is 54.1 Å². The van der Waals surface area contributed by atoms with E-state index in [1.54, 1.807) is 18.3 Å². The van der Waals surface area contributed by atoms with Crippen LogP contribution in [0.25, 0.3) is 17.2 Å². The fourth-order valence-electron chi connectivity index (χ4n) is 3.04. The zero-order valence-corrected chi connectivity index (χ0v) is 14.0. The Kier molecular flexibility index (Phi) is 5.09. The molecule has 2 aromatic rings. The topological polar surface area (TPSA) is 64.3 Å². The number of benzene rings is 2. The molecule has 4 nitrogen and oxygen atoms in total. The number of nitriles is 1. The van der Waals surface area contributed by atoms with Crippen molar-refractivity contribution in [2.45, 2.75) is 25.7 Å². The van der Waals surface area contributed by atoms with Crippen molar-refractivity contribution in [2.75, 3.05) is 4.31 Å². The number of anilines is 1. The average Bonchev–Trinajstić information content (AvgIpc) is 3.09. The highest BCUT2D eigenvalue weighted by Crippen LogP contribution is 2.32. The third-order valence-electron chi connectivity index (χ3n) is 4.21. The van der Waals surface area contributed by atoms with E-state index in [1.165, 1.54) is 31.3 Å². The molecule has 1 unspecified atom stereocenters. The Morgan fingerprint density at radius 2 is 1.75 bits per heavy atom. The number of hydrogen-bond donors (Lipinski definition) is 1. The van der Waals surface area contributed by atoms with Gasteiger partial charge in [0.05, 0.1) is 5.69 Å². The minimum absolute atomic E-state index is 0.419. The summed E-state index contributed by atoms with van der Waals surface area (Å²) >= 11 is -2.38. The van der Waals surface area contributed by atoms with Gasteiger partial charge in [-0.25, -0.2) is 4.21 Å². The first-order chi connectivity index (χ1) is 11.7. The molecule has 122 valence electrons. The summed E-state index contributed by atoms with van der Waals surface area (Å²) in [6.07, 6.45) is 8.93. The van der Waals surface area contributed by atoms with Crippen LogP contribution in [-0.2, 0) is 11.3 Å². The zero-order chi connectivity index (χ0) is 16.9. The van der Waals surface area contributed by atoms with Crippen LogP contribution in [0.5, 0.6) is 0 Å². The molecule has 0 amide bonds. The molecule has 0 spiro atoms. The van der Waals surface area contributed by atoms with Gasteiger partial charge in [-0.3, -0.25) is 4.55 Å². The maximum Gasteiger partial charge on any atom is 0.275 e. The molecule has 0 heterocycles. The van der Waals surface area contributed by atoms with E-state index in [0.29, 0.717) is 5.69 Å². The first kappa shape index (κ1) is 16.4. The molecule has 3 rings (SSSR count). The fourth-order valence-corrected chi connectivity index (χ4v) is 3.43. The number of allylic oxidation sites excluding steroid dienone is 1. The van der Waals surface area contributed by atoms with E-state index >= 15 is 0 Å². The van der Waals surface area contributed by atoms with Crippen molar-refractivity contribution in [3.8, 4) is 17.3 Å². The van der Waals surface area contributed by atoms with Crippen LogP contribution in [0, 0.1) is 11.5 Å². The average molecular weight is 338 g/mol. The number of rotatable bonds is 4. The van der Waals surface area contributed by atoms with Gasteiger partial charge in [-0.2, -0.15) is 9.57 Å². The number of para-hydroxylation sites is 1. The van der Waals surface area contributed by atoms with Gasteiger partial charge in [0.25, 0.3) is 11.3 Å². The second-order valence-electron chi connectivity index (χ2n) is 5.77. The van der Waals surface area contributed by atoms with E-state index in [-0.39, 0.29) is 0 Å². The molecule has 2 aromatic carbocycles. The summed E-state index contributed by atoms with van der Waals surface area (Å²) < 4.78 is 21.5. The number of hydrogen-bond acceptors (Lipinski definition) is 2. The van der Waals surface area contributed by atoms with Gasteiger partial charge in [0.1, 0.15) is 0 Å². The van der Waals surface area contributed by atoms with E-state index in [2.05, 4.69) is 6.08 Å². The van der Waals surface area contributed by atoms with E-state index in [9.17, 15) is 8.76 Å². The van der Waals surface area contributed by atoms with Gasteiger partial charge < -0.3 is 0 Å². The third kappa shape index (κ3) is 3.56.